The van der Waals surface area contributed by atoms with Crippen molar-refractivity contribution in [1.82, 2.24) is 0 Å². The normalized spacial score (nSPS) is 20.1. The molecule has 2 aromatic carbocycles. The first-order valence-corrected chi connectivity index (χ1v) is 7.05. The lowest BCUT2D eigenvalue weighted by Gasteiger charge is -2.31. The third kappa shape index (κ3) is 2.49. The van der Waals surface area contributed by atoms with Gasteiger partial charge in [0.15, 0.2) is 11.5 Å². The molecule has 0 saturated heterocycles. The molecule has 0 fully saturated rings. The highest BCUT2D eigenvalue weighted by Crippen LogP contribution is 2.42. The van der Waals surface area contributed by atoms with Crippen molar-refractivity contribution in [3.63, 3.8) is 0 Å². The molecule has 1 aliphatic heterocycles. The number of methoxy groups -OCH3 is 1. The number of fused-ring (bicyclic) bond motifs is 1. The van der Waals surface area contributed by atoms with Crippen LogP contribution in [0, 0.1) is 0 Å². The number of hydrogen-bond donors (Lipinski definition) is 3. The molecule has 0 aliphatic carbocycles. The molecule has 0 unspecified atom stereocenters. The van der Waals surface area contributed by atoms with Gasteiger partial charge in [0.1, 0.15) is 5.75 Å². The summed E-state index contributed by atoms with van der Waals surface area (Å²) in [4.78, 5) is 0. The summed E-state index contributed by atoms with van der Waals surface area (Å²) in [6, 6.07) is 10.3. The van der Waals surface area contributed by atoms with Gasteiger partial charge in [0, 0.05) is 11.5 Å². The van der Waals surface area contributed by atoms with Gasteiger partial charge in [-0.15, -0.1) is 0 Å². The molecular formula is C17H18O5. The fourth-order valence-corrected chi connectivity index (χ4v) is 2.75. The van der Waals surface area contributed by atoms with Gasteiger partial charge in [0.2, 0.25) is 0 Å². The molecule has 2 atom stereocenters. The van der Waals surface area contributed by atoms with Crippen LogP contribution in [0.25, 0.3) is 0 Å². The summed E-state index contributed by atoms with van der Waals surface area (Å²) in [5, 5.41) is 29.6. The summed E-state index contributed by atoms with van der Waals surface area (Å²) in [5.41, 5.74) is 2.21. The van der Waals surface area contributed by atoms with Crippen LogP contribution in [0.1, 0.15) is 28.7 Å². The molecule has 3 rings (SSSR count). The first kappa shape index (κ1) is 14.7. The first-order chi connectivity index (χ1) is 10.6. The van der Waals surface area contributed by atoms with Crippen LogP contribution < -0.4 is 9.47 Å². The highest BCUT2D eigenvalue weighted by Gasteiger charge is 2.31. The van der Waals surface area contributed by atoms with Crippen molar-refractivity contribution in [2.45, 2.75) is 18.6 Å². The van der Waals surface area contributed by atoms with E-state index < -0.39 is 6.10 Å². The van der Waals surface area contributed by atoms with Crippen LogP contribution in [-0.4, -0.2) is 29.0 Å². The SMILES string of the molecule is COc1cc([C@H]2COc3ccc(CO)cc3[C@@H]2O)ccc1O. The van der Waals surface area contributed by atoms with Gasteiger partial charge in [0.05, 0.1) is 26.4 Å². The third-order valence-corrected chi connectivity index (χ3v) is 4.01. The van der Waals surface area contributed by atoms with Gasteiger partial charge in [0.25, 0.3) is 0 Å². The summed E-state index contributed by atoms with van der Waals surface area (Å²) < 4.78 is 10.8. The first-order valence-electron chi connectivity index (χ1n) is 7.05. The molecule has 0 radical (unpaired) electrons. The summed E-state index contributed by atoms with van der Waals surface area (Å²) in [6.45, 7) is 0.248. The summed E-state index contributed by atoms with van der Waals surface area (Å²) >= 11 is 0. The second kappa shape index (κ2) is 5.87. The van der Waals surface area contributed by atoms with Gasteiger partial charge in [-0.05, 0) is 35.4 Å². The van der Waals surface area contributed by atoms with Crippen LogP contribution >= 0.6 is 0 Å². The fourth-order valence-electron chi connectivity index (χ4n) is 2.75. The van der Waals surface area contributed by atoms with Crippen LogP contribution in [0.3, 0.4) is 0 Å². The number of ether oxygens (including phenoxy) is 2. The molecular weight excluding hydrogens is 284 g/mol. The highest BCUT2D eigenvalue weighted by atomic mass is 16.5. The van der Waals surface area contributed by atoms with E-state index in [-0.39, 0.29) is 18.3 Å². The maximum atomic E-state index is 10.7. The third-order valence-electron chi connectivity index (χ3n) is 4.01. The highest BCUT2D eigenvalue weighted by molar-refractivity contribution is 5.46. The van der Waals surface area contributed by atoms with Crippen LogP contribution in [0.5, 0.6) is 17.2 Å². The molecule has 0 spiro atoms. The number of benzene rings is 2. The van der Waals surface area contributed by atoms with Crippen LogP contribution in [0.2, 0.25) is 0 Å². The Bertz CT molecular complexity index is 683. The van der Waals surface area contributed by atoms with Crippen LogP contribution in [0.4, 0.5) is 0 Å². The minimum atomic E-state index is -0.746. The van der Waals surface area contributed by atoms with E-state index in [1.54, 1.807) is 36.4 Å². The Labute approximate surface area is 128 Å². The monoisotopic (exact) mass is 302 g/mol. The van der Waals surface area contributed by atoms with E-state index in [2.05, 4.69) is 0 Å². The quantitative estimate of drug-likeness (QED) is 0.809. The van der Waals surface area contributed by atoms with E-state index in [9.17, 15) is 15.3 Å². The van der Waals surface area contributed by atoms with Gasteiger partial charge >= 0.3 is 0 Å². The molecule has 3 N–H and O–H groups in total. The largest absolute Gasteiger partial charge is 0.504 e. The molecule has 5 nitrogen and oxygen atoms in total. The van der Waals surface area contributed by atoms with Crippen LogP contribution in [0.15, 0.2) is 36.4 Å². The topological polar surface area (TPSA) is 79.2 Å². The number of phenolic OH excluding ortho intramolecular Hbond substituents is 1. The van der Waals surface area contributed by atoms with Crippen molar-refractivity contribution < 1.29 is 24.8 Å². The Morgan fingerprint density at radius 3 is 2.77 bits per heavy atom. The van der Waals surface area contributed by atoms with E-state index in [0.717, 1.165) is 11.1 Å². The number of aromatic hydroxyl groups is 1. The Morgan fingerprint density at radius 1 is 1.23 bits per heavy atom. The smallest absolute Gasteiger partial charge is 0.160 e. The van der Waals surface area contributed by atoms with Crippen LogP contribution in [-0.2, 0) is 6.61 Å². The van der Waals surface area contributed by atoms with Gasteiger partial charge in [-0.1, -0.05) is 12.1 Å². The number of aliphatic hydroxyl groups is 2. The van der Waals surface area contributed by atoms with E-state index in [1.807, 2.05) is 0 Å². The van der Waals surface area contributed by atoms with E-state index >= 15 is 0 Å². The summed E-state index contributed by atoms with van der Waals surface area (Å²) in [6.07, 6.45) is -0.746. The maximum Gasteiger partial charge on any atom is 0.160 e. The molecule has 0 aromatic heterocycles. The van der Waals surface area contributed by atoms with Gasteiger partial charge in [-0.3, -0.25) is 0 Å². The lowest BCUT2D eigenvalue weighted by molar-refractivity contribution is 0.0885. The van der Waals surface area contributed by atoms with E-state index in [4.69, 9.17) is 9.47 Å². The molecule has 5 heteroatoms. The Balaban J connectivity index is 1.96. The number of aliphatic hydroxyl groups excluding tert-OH is 2. The number of rotatable bonds is 3. The van der Waals surface area contributed by atoms with Crippen molar-refractivity contribution in [2.24, 2.45) is 0 Å². The lowest BCUT2D eigenvalue weighted by Crippen LogP contribution is -2.24. The minimum absolute atomic E-state index is 0.0560. The molecule has 0 amide bonds. The molecule has 2 aromatic rings. The predicted octanol–water partition coefficient (Wildman–Crippen LogP) is 2.10. The number of phenols is 1. The van der Waals surface area contributed by atoms with E-state index in [0.29, 0.717) is 23.7 Å². The Morgan fingerprint density at radius 2 is 2.05 bits per heavy atom. The molecule has 0 saturated carbocycles. The second-order valence-electron chi connectivity index (χ2n) is 5.32. The molecule has 116 valence electrons. The van der Waals surface area contributed by atoms with Crippen molar-refractivity contribution in [3.05, 3.63) is 53.1 Å². The van der Waals surface area contributed by atoms with Crippen molar-refractivity contribution in [1.29, 1.82) is 0 Å². The Hall–Kier alpha value is -2.24. The molecule has 0 bridgehead atoms. The maximum absolute atomic E-state index is 10.7. The zero-order chi connectivity index (χ0) is 15.7. The summed E-state index contributed by atoms with van der Waals surface area (Å²) in [5.74, 6) is 0.780. The summed E-state index contributed by atoms with van der Waals surface area (Å²) in [7, 11) is 1.48. The average molecular weight is 302 g/mol. The molecule has 22 heavy (non-hydrogen) atoms. The lowest BCUT2D eigenvalue weighted by atomic mass is 9.87. The van der Waals surface area contributed by atoms with E-state index in [1.165, 1.54) is 7.11 Å². The Kier molecular flexibility index (Phi) is 3.92. The zero-order valence-corrected chi connectivity index (χ0v) is 12.2. The zero-order valence-electron chi connectivity index (χ0n) is 12.2. The van der Waals surface area contributed by atoms with Gasteiger partial charge in [-0.2, -0.15) is 0 Å². The van der Waals surface area contributed by atoms with Crippen molar-refractivity contribution in [2.75, 3.05) is 13.7 Å². The molecule has 1 heterocycles. The van der Waals surface area contributed by atoms with Crippen molar-refractivity contribution >= 4 is 0 Å². The standard InChI is InChI=1S/C17H18O5/c1-21-16-7-11(3-4-14(16)19)13-9-22-15-5-2-10(8-18)6-12(15)17(13)20/h2-7,13,17-20H,8-9H2,1H3/t13-,17+/m1/s1. The minimum Gasteiger partial charge on any atom is -0.504 e. The van der Waals surface area contributed by atoms with Crippen molar-refractivity contribution in [3.8, 4) is 17.2 Å². The predicted molar refractivity (Wildman–Crippen MR) is 80.2 cm³/mol. The second-order valence-corrected chi connectivity index (χ2v) is 5.32. The average Bonchev–Trinajstić information content (AvgIpc) is 2.56. The van der Waals surface area contributed by atoms with Gasteiger partial charge < -0.3 is 24.8 Å². The fraction of sp³-hybridized carbons (Fsp3) is 0.294. The van der Waals surface area contributed by atoms with Gasteiger partial charge in [-0.25, -0.2) is 0 Å². The molecule has 1 aliphatic rings. The number of hydrogen-bond acceptors (Lipinski definition) is 5.